The summed E-state index contributed by atoms with van der Waals surface area (Å²) < 4.78 is 4.21. The van der Waals surface area contributed by atoms with E-state index in [1.54, 1.807) is 13.8 Å². The molecule has 5 nitrogen and oxygen atoms in total. The van der Waals surface area contributed by atoms with Crippen LogP contribution in [0.25, 0.3) is 22.5 Å². The van der Waals surface area contributed by atoms with Gasteiger partial charge in [-0.25, -0.2) is 4.98 Å². The van der Waals surface area contributed by atoms with E-state index in [0.717, 1.165) is 22.5 Å². The molecule has 0 spiro atoms. The third-order valence-corrected chi connectivity index (χ3v) is 3.82. The molecular formula is C20H22N3O2Pt-. The summed E-state index contributed by atoms with van der Waals surface area (Å²) in [5.74, 6) is 0.915. The number of aliphatic hydroxyl groups excluding tert-OH is 2. The molecule has 26 heavy (non-hydrogen) atoms. The predicted octanol–water partition coefficient (Wildman–Crippen LogP) is 3.21. The summed E-state index contributed by atoms with van der Waals surface area (Å²) in [7, 11) is 0. The van der Waals surface area contributed by atoms with Crippen LogP contribution in [0.5, 0.6) is 0 Å². The number of hydrogen-bond donors (Lipinski definition) is 2. The zero-order chi connectivity index (χ0) is 17.8. The standard InChI is InChI=1S/C15H10N3.C5H12O2.Pt/c1-2-6-12(7-3-1)18-14-9-5-4-8-13(14)17-11-10-16-15(17)18;1-4(6)3-5(2)7;/h1-6,8-11H;4-7H,3H2,1-2H3;/q-1;;. The van der Waals surface area contributed by atoms with Crippen LogP contribution in [0.2, 0.25) is 0 Å². The van der Waals surface area contributed by atoms with Gasteiger partial charge in [0.2, 0.25) is 5.78 Å². The summed E-state index contributed by atoms with van der Waals surface area (Å²) in [6.07, 6.45) is 3.53. The van der Waals surface area contributed by atoms with Gasteiger partial charge in [-0.1, -0.05) is 17.8 Å². The Morgan fingerprint density at radius 1 is 1.00 bits per heavy atom. The summed E-state index contributed by atoms with van der Waals surface area (Å²) >= 11 is 0. The number of imidazole rings is 2. The number of benzene rings is 2. The summed E-state index contributed by atoms with van der Waals surface area (Å²) in [4.78, 5) is 4.44. The van der Waals surface area contributed by atoms with Crippen LogP contribution in [0.3, 0.4) is 0 Å². The predicted molar refractivity (Wildman–Crippen MR) is 98.8 cm³/mol. The number of hydrogen-bond acceptors (Lipinski definition) is 3. The maximum absolute atomic E-state index is 8.56. The number of fused-ring (bicyclic) bond motifs is 3. The molecule has 0 fully saturated rings. The van der Waals surface area contributed by atoms with Gasteiger partial charge in [0, 0.05) is 33.5 Å². The van der Waals surface area contributed by atoms with Gasteiger partial charge in [-0.2, -0.15) is 24.3 Å². The van der Waals surface area contributed by atoms with Crippen LogP contribution in [-0.4, -0.2) is 36.4 Å². The number of nitrogens with zero attached hydrogens (tertiary/aromatic N) is 3. The first-order valence-electron chi connectivity index (χ1n) is 8.33. The van der Waals surface area contributed by atoms with Gasteiger partial charge in [-0.05, 0) is 32.4 Å². The first-order valence-corrected chi connectivity index (χ1v) is 8.33. The number of aromatic nitrogens is 3. The van der Waals surface area contributed by atoms with Crippen molar-refractivity contribution in [3.05, 3.63) is 67.0 Å². The fourth-order valence-electron chi connectivity index (χ4n) is 2.87. The van der Waals surface area contributed by atoms with Crippen LogP contribution in [0.15, 0.2) is 60.9 Å². The van der Waals surface area contributed by atoms with Crippen molar-refractivity contribution in [1.29, 1.82) is 0 Å². The van der Waals surface area contributed by atoms with Crippen molar-refractivity contribution in [2.75, 3.05) is 0 Å². The van der Waals surface area contributed by atoms with Gasteiger partial charge in [0.15, 0.2) is 0 Å². The molecule has 4 aromatic rings. The van der Waals surface area contributed by atoms with Crippen LogP contribution < -0.4 is 0 Å². The van der Waals surface area contributed by atoms with Crippen molar-refractivity contribution < 1.29 is 31.3 Å². The van der Waals surface area contributed by atoms with Crippen LogP contribution in [0.4, 0.5) is 0 Å². The third-order valence-electron chi connectivity index (χ3n) is 3.82. The van der Waals surface area contributed by atoms with E-state index < -0.39 is 0 Å². The molecule has 2 atom stereocenters. The smallest absolute Gasteiger partial charge is 0.217 e. The third kappa shape index (κ3) is 4.42. The second-order valence-corrected chi connectivity index (χ2v) is 6.10. The van der Waals surface area contributed by atoms with Crippen molar-refractivity contribution in [2.45, 2.75) is 32.5 Å². The molecule has 0 radical (unpaired) electrons. The Bertz CT molecular complexity index is 939. The minimum atomic E-state index is -0.375. The Hall–Kier alpha value is -1.94. The Balaban J connectivity index is 0.000000265. The van der Waals surface area contributed by atoms with Gasteiger partial charge in [0.1, 0.15) is 0 Å². The fourth-order valence-corrected chi connectivity index (χ4v) is 2.87. The van der Waals surface area contributed by atoms with Gasteiger partial charge >= 0.3 is 0 Å². The maximum atomic E-state index is 8.56. The Labute approximate surface area is 167 Å². The average Bonchev–Trinajstić information content (AvgIpc) is 3.15. The van der Waals surface area contributed by atoms with E-state index in [1.807, 2.05) is 48.8 Å². The Morgan fingerprint density at radius 2 is 1.65 bits per heavy atom. The van der Waals surface area contributed by atoms with Crippen LogP contribution in [0.1, 0.15) is 20.3 Å². The molecule has 0 aliphatic carbocycles. The monoisotopic (exact) mass is 531 g/mol. The minimum absolute atomic E-state index is 0. The first-order chi connectivity index (χ1) is 12.1. The van der Waals surface area contributed by atoms with E-state index in [-0.39, 0.29) is 33.3 Å². The van der Waals surface area contributed by atoms with Crippen molar-refractivity contribution in [3.8, 4) is 5.69 Å². The van der Waals surface area contributed by atoms with Crippen LogP contribution in [0, 0.1) is 6.07 Å². The molecule has 140 valence electrons. The summed E-state index contributed by atoms with van der Waals surface area (Å²) in [6, 6.07) is 19.5. The molecule has 0 amide bonds. The molecule has 0 bridgehead atoms. The van der Waals surface area contributed by atoms with E-state index in [9.17, 15) is 0 Å². The van der Waals surface area contributed by atoms with E-state index in [4.69, 9.17) is 10.2 Å². The molecule has 0 saturated carbocycles. The molecule has 4 rings (SSSR count). The van der Waals surface area contributed by atoms with E-state index in [1.165, 1.54) is 0 Å². The zero-order valence-electron chi connectivity index (χ0n) is 14.7. The Kier molecular flexibility index (Phi) is 7.15. The normalized spacial score (nSPS) is 12.9. The molecule has 2 unspecified atom stereocenters. The van der Waals surface area contributed by atoms with Crippen molar-refractivity contribution in [1.82, 2.24) is 14.0 Å². The van der Waals surface area contributed by atoms with Gasteiger partial charge in [-0.3, -0.25) is 4.40 Å². The van der Waals surface area contributed by atoms with Gasteiger partial charge in [0.25, 0.3) is 0 Å². The molecule has 2 N–H and O–H groups in total. The van der Waals surface area contributed by atoms with Gasteiger partial charge in [-0.15, -0.1) is 6.07 Å². The summed E-state index contributed by atoms with van der Waals surface area (Å²) in [6.45, 7) is 3.32. The first kappa shape index (κ1) is 20.4. The van der Waals surface area contributed by atoms with Crippen LogP contribution >= 0.6 is 0 Å². The number of para-hydroxylation sites is 3. The van der Waals surface area contributed by atoms with Crippen LogP contribution in [-0.2, 0) is 21.1 Å². The number of rotatable bonds is 3. The Morgan fingerprint density at radius 3 is 2.23 bits per heavy atom. The van der Waals surface area contributed by atoms with E-state index in [0.29, 0.717) is 6.42 Å². The molecule has 0 aliphatic heterocycles. The summed E-state index contributed by atoms with van der Waals surface area (Å²) in [5, 5.41) is 17.1. The zero-order valence-corrected chi connectivity index (χ0v) is 17.0. The molecule has 0 aliphatic rings. The molecule has 2 aromatic carbocycles. The molecule has 2 aromatic heterocycles. The molecule has 6 heteroatoms. The van der Waals surface area contributed by atoms with Crippen molar-refractivity contribution in [2.24, 2.45) is 0 Å². The molecular weight excluding hydrogens is 509 g/mol. The number of aliphatic hydroxyl groups is 2. The SMILES string of the molecule is CC(O)CC(C)O.[Pt].[c-]1ccccc1-n1c2ccccc2n2ccnc12. The molecule has 0 saturated heterocycles. The van der Waals surface area contributed by atoms with Crippen molar-refractivity contribution >= 4 is 16.8 Å². The molecule has 2 heterocycles. The second kappa shape index (κ2) is 9.13. The van der Waals surface area contributed by atoms with E-state index >= 15 is 0 Å². The maximum Gasteiger partial charge on any atom is 0.217 e. The fraction of sp³-hybridized carbons (Fsp3) is 0.250. The van der Waals surface area contributed by atoms with Gasteiger partial charge in [0.05, 0.1) is 23.2 Å². The minimum Gasteiger partial charge on any atom is -0.393 e. The second-order valence-electron chi connectivity index (χ2n) is 6.10. The van der Waals surface area contributed by atoms with Gasteiger partial charge < -0.3 is 14.8 Å². The quantitative estimate of drug-likeness (QED) is 0.400. The van der Waals surface area contributed by atoms with E-state index in [2.05, 4.69) is 32.2 Å². The average molecular weight is 531 g/mol. The summed E-state index contributed by atoms with van der Waals surface area (Å²) in [5.41, 5.74) is 3.31. The van der Waals surface area contributed by atoms with Crippen molar-refractivity contribution in [3.63, 3.8) is 0 Å². The topological polar surface area (TPSA) is 62.7 Å². The largest absolute Gasteiger partial charge is 0.393 e.